The van der Waals surface area contributed by atoms with Gasteiger partial charge in [0.2, 0.25) is 0 Å². The summed E-state index contributed by atoms with van der Waals surface area (Å²) in [6.07, 6.45) is 0. The summed E-state index contributed by atoms with van der Waals surface area (Å²) in [5.74, 6) is 0.498. The fraction of sp³-hybridized carbons (Fsp3) is 0.333. The molecule has 0 aliphatic rings. The Balaban J connectivity index is 2.69. The number of benzene rings is 1. The fourth-order valence-electron chi connectivity index (χ4n) is 1.89. The average molecular weight is 300 g/mol. The fourth-order valence-corrected chi connectivity index (χ4v) is 2.88. The predicted octanol–water partition coefficient (Wildman–Crippen LogP) is 2.76. The molecule has 19 heavy (non-hydrogen) atoms. The molecule has 102 valence electrons. The summed E-state index contributed by atoms with van der Waals surface area (Å²) in [7, 11) is 1.47. The molecule has 1 aromatic carbocycles. The third-order valence-corrected chi connectivity index (χ3v) is 3.80. The van der Waals surface area contributed by atoms with Gasteiger partial charge in [-0.05, 0) is 26.8 Å². The van der Waals surface area contributed by atoms with Crippen LogP contribution in [0.3, 0.4) is 0 Å². The van der Waals surface area contributed by atoms with E-state index in [1.807, 2.05) is 45.0 Å². The molecular weight excluding hydrogens is 286 g/mol. The van der Waals surface area contributed by atoms with Crippen LogP contribution in [0.15, 0.2) is 29.4 Å². The summed E-state index contributed by atoms with van der Waals surface area (Å²) in [5, 5.41) is 7.45. The SMILES string of the molecule is Cc1cccc(-c2nnc(S(=O)(=O)Cl)n2C(C)C)c1. The van der Waals surface area contributed by atoms with E-state index in [2.05, 4.69) is 10.2 Å². The van der Waals surface area contributed by atoms with Crippen LogP contribution in [0.1, 0.15) is 25.5 Å². The Morgan fingerprint density at radius 3 is 2.47 bits per heavy atom. The summed E-state index contributed by atoms with van der Waals surface area (Å²) in [6.45, 7) is 5.67. The van der Waals surface area contributed by atoms with Crippen LogP contribution in [0.4, 0.5) is 0 Å². The minimum atomic E-state index is -3.91. The summed E-state index contributed by atoms with van der Waals surface area (Å²) in [5.41, 5.74) is 1.87. The largest absolute Gasteiger partial charge is 0.296 e. The molecule has 7 heteroatoms. The van der Waals surface area contributed by atoms with Gasteiger partial charge in [0, 0.05) is 22.3 Å². The van der Waals surface area contributed by atoms with E-state index < -0.39 is 9.05 Å². The second-order valence-electron chi connectivity index (χ2n) is 4.58. The molecule has 0 atom stereocenters. The molecule has 0 amide bonds. The lowest BCUT2D eigenvalue weighted by Gasteiger charge is -2.12. The van der Waals surface area contributed by atoms with Gasteiger partial charge in [0.05, 0.1) is 0 Å². The van der Waals surface area contributed by atoms with Crippen LogP contribution in [0.5, 0.6) is 0 Å². The summed E-state index contributed by atoms with van der Waals surface area (Å²) in [4.78, 5) is 0. The smallest absolute Gasteiger partial charge is 0.294 e. The lowest BCUT2D eigenvalue weighted by Crippen LogP contribution is -2.10. The van der Waals surface area contributed by atoms with Crippen LogP contribution < -0.4 is 0 Å². The van der Waals surface area contributed by atoms with E-state index >= 15 is 0 Å². The second-order valence-corrected chi connectivity index (χ2v) is 7.04. The predicted molar refractivity (Wildman–Crippen MR) is 73.6 cm³/mol. The molecule has 0 aliphatic carbocycles. The van der Waals surface area contributed by atoms with Gasteiger partial charge < -0.3 is 0 Å². The molecule has 0 saturated heterocycles. The van der Waals surface area contributed by atoms with Crippen molar-refractivity contribution >= 4 is 19.7 Å². The first-order valence-corrected chi connectivity index (χ1v) is 8.08. The molecule has 0 unspecified atom stereocenters. The minimum Gasteiger partial charge on any atom is -0.294 e. The summed E-state index contributed by atoms with van der Waals surface area (Å²) in [6, 6.07) is 7.51. The number of hydrogen-bond donors (Lipinski definition) is 0. The van der Waals surface area contributed by atoms with Crippen LogP contribution in [-0.4, -0.2) is 23.2 Å². The Hall–Kier alpha value is -1.40. The van der Waals surface area contributed by atoms with Gasteiger partial charge in [0.1, 0.15) is 0 Å². The molecule has 1 aromatic heterocycles. The summed E-state index contributed by atoms with van der Waals surface area (Å²) >= 11 is 0. The van der Waals surface area contributed by atoms with Crippen molar-refractivity contribution in [3.63, 3.8) is 0 Å². The number of aromatic nitrogens is 3. The quantitative estimate of drug-likeness (QED) is 0.817. The van der Waals surface area contributed by atoms with Crippen LogP contribution >= 0.6 is 10.7 Å². The lowest BCUT2D eigenvalue weighted by atomic mass is 10.1. The molecule has 0 spiro atoms. The molecule has 5 nitrogen and oxygen atoms in total. The van der Waals surface area contributed by atoms with Crippen molar-refractivity contribution in [1.82, 2.24) is 14.8 Å². The van der Waals surface area contributed by atoms with Crippen molar-refractivity contribution in [1.29, 1.82) is 0 Å². The average Bonchev–Trinajstić information content (AvgIpc) is 2.72. The first kappa shape index (κ1) is 14.0. The zero-order chi connectivity index (χ0) is 14.2. The van der Waals surface area contributed by atoms with Crippen molar-refractivity contribution < 1.29 is 8.42 Å². The van der Waals surface area contributed by atoms with Gasteiger partial charge >= 0.3 is 0 Å². The Morgan fingerprint density at radius 2 is 1.95 bits per heavy atom. The van der Waals surface area contributed by atoms with E-state index in [0.717, 1.165) is 11.1 Å². The molecular formula is C12H14ClN3O2S. The van der Waals surface area contributed by atoms with Crippen molar-refractivity contribution in [2.75, 3.05) is 0 Å². The first-order chi connectivity index (χ1) is 8.80. The molecule has 0 saturated carbocycles. The third kappa shape index (κ3) is 2.79. The lowest BCUT2D eigenvalue weighted by molar-refractivity contribution is 0.530. The highest BCUT2D eigenvalue weighted by atomic mass is 35.7. The summed E-state index contributed by atoms with van der Waals surface area (Å²) < 4.78 is 24.5. The number of aryl methyl sites for hydroxylation is 1. The van der Waals surface area contributed by atoms with Gasteiger partial charge in [-0.2, -0.15) is 0 Å². The second kappa shape index (κ2) is 4.94. The number of rotatable bonds is 3. The van der Waals surface area contributed by atoms with Crippen molar-refractivity contribution in [2.45, 2.75) is 32.0 Å². The Labute approximate surface area is 116 Å². The Bertz CT molecular complexity index is 708. The molecule has 0 bridgehead atoms. The highest BCUT2D eigenvalue weighted by molar-refractivity contribution is 8.13. The molecule has 1 heterocycles. The highest BCUT2D eigenvalue weighted by Gasteiger charge is 2.24. The van der Waals surface area contributed by atoms with E-state index in [-0.39, 0.29) is 11.2 Å². The molecule has 0 radical (unpaired) electrons. The number of hydrogen-bond acceptors (Lipinski definition) is 4. The maximum absolute atomic E-state index is 11.5. The Kier molecular flexibility index (Phi) is 3.64. The highest BCUT2D eigenvalue weighted by Crippen LogP contribution is 2.26. The van der Waals surface area contributed by atoms with Gasteiger partial charge in [-0.1, -0.05) is 23.8 Å². The van der Waals surface area contributed by atoms with Gasteiger partial charge in [0.25, 0.3) is 14.2 Å². The van der Waals surface area contributed by atoms with Crippen LogP contribution in [-0.2, 0) is 9.05 Å². The van der Waals surface area contributed by atoms with Gasteiger partial charge in [-0.3, -0.25) is 4.57 Å². The first-order valence-electron chi connectivity index (χ1n) is 5.77. The zero-order valence-corrected chi connectivity index (χ0v) is 12.4. The maximum Gasteiger partial charge on any atom is 0.296 e. The van der Waals surface area contributed by atoms with E-state index in [1.54, 1.807) is 0 Å². The van der Waals surface area contributed by atoms with Gasteiger partial charge in [-0.25, -0.2) is 8.42 Å². The van der Waals surface area contributed by atoms with Crippen LogP contribution in [0, 0.1) is 6.92 Å². The molecule has 2 rings (SSSR count). The maximum atomic E-state index is 11.5. The van der Waals surface area contributed by atoms with Crippen LogP contribution in [0.2, 0.25) is 0 Å². The monoisotopic (exact) mass is 299 g/mol. The van der Waals surface area contributed by atoms with Crippen molar-refractivity contribution in [2.24, 2.45) is 0 Å². The minimum absolute atomic E-state index is 0.117. The Morgan fingerprint density at radius 1 is 1.26 bits per heavy atom. The van der Waals surface area contributed by atoms with E-state index in [1.165, 1.54) is 4.57 Å². The van der Waals surface area contributed by atoms with Gasteiger partial charge in [0.15, 0.2) is 5.82 Å². The number of nitrogens with zero attached hydrogens (tertiary/aromatic N) is 3. The normalized spacial score (nSPS) is 12.1. The zero-order valence-electron chi connectivity index (χ0n) is 10.8. The van der Waals surface area contributed by atoms with E-state index in [9.17, 15) is 8.42 Å². The molecule has 2 aromatic rings. The molecule has 0 fully saturated rings. The topological polar surface area (TPSA) is 64.8 Å². The van der Waals surface area contributed by atoms with Crippen molar-refractivity contribution in [3.05, 3.63) is 29.8 Å². The molecule has 0 N–H and O–H groups in total. The molecule has 0 aliphatic heterocycles. The van der Waals surface area contributed by atoms with E-state index in [0.29, 0.717) is 5.82 Å². The standard InChI is InChI=1S/C12H14ClN3O2S/c1-8(2)16-11(10-6-4-5-9(3)7-10)14-15-12(16)19(13,17)18/h4-8H,1-3H3. The van der Waals surface area contributed by atoms with E-state index in [4.69, 9.17) is 10.7 Å². The van der Waals surface area contributed by atoms with Crippen LogP contribution in [0.25, 0.3) is 11.4 Å². The number of halogens is 1. The third-order valence-electron chi connectivity index (χ3n) is 2.68. The van der Waals surface area contributed by atoms with Gasteiger partial charge in [-0.15, -0.1) is 10.2 Å². The van der Waals surface area contributed by atoms with Crippen molar-refractivity contribution in [3.8, 4) is 11.4 Å².